The topological polar surface area (TPSA) is 39.9 Å². The summed E-state index contributed by atoms with van der Waals surface area (Å²) in [7, 11) is 3.37. The van der Waals surface area contributed by atoms with Crippen molar-refractivity contribution in [3.8, 4) is 17.4 Å². The molecule has 0 saturated carbocycles. The summed E-state index contributed by atoms with van der Waals surface area (Å²) in [6.07, 6.45) is 0. The summed E-state index contributed by atoms with van der Waals surface area (Å²) in [4.78, 5) is 4.25. The Morgan fingerprint density at radius 3 is 2.50 bits per heavy atom. The maximum absolute atomic E-state index is 5.72. The van der Waals surface area contributed by atoms with Crippen LogP contribution in [0.5, 0.6) is 6.01 Å². The number of aromatic nitrogens is 3. The van der Waals surface area contributed by atoms with Crippen molar-refractivity contribution in [2.24, 2.45) is 7.05 Å². The van der Waals surface area contributed by atoms with E-state index >= 15 is 0 Å². The molecule has 0 bridgehead atoms. The molecule has 1 aromatic heterocycles. The first-order valence-corrected chi connectivity index (χ1v) is 5.38. The second-order valence-corrected chi connectivity index (χ2v) is 3.64. The maximum atomic E-state index is 5.72. The molecular formula is C11H12ClN3O. The molecule has 0 spiro atoms. The molecular weight excluding hydrogens is 226 g/mol. The standard InChI is InChI=1S/C11H12ClN3O/c1-15-11(16-2)13-10(14-15)9-5-3-8(7-12)4-6-9/h3-6H,7H2,1-2H3. The molecule has 5 heteroatoms. The number of rotatable bonds is 3. The highest BCUT2D eigenvalue weighted by Crippen LogP contribution is 2.19. The lowest BCUT2D eigenvalue weighted by Crippen LogP contribution is -1.95. The van der Waals surface area contributed by atoms with Crippen molar-refractivity contribution in [3.63, 3.8) is 0 Å². The van der Waals surface area contributed by atoms with Gasteiger partial charge in [-0.2, -0.15) is 4.98 Å². The van der Waals surface area contributed by atoms with Crippen molar-refractivity contribution < 1.29 is 4.74 Å². The monoisotopic (exact) mass is 237 g/mol. The normalized spacial score (nSPS) is 10.4. The van der Waals surface area contributed by atoms with E-state index < -0.39 is 0 Å². The van der Waals surface area contributed by atoms with Crippen LogP contribution in [0.2, 0.25) is 0 Å². The van der Waals surface area contributed by atoms with Crippen LogP contribution in [0.1, 0.15) is 5.56 Å². The summed E-state index contributed by atoms with van der Waals surface area (Å²) in [5, 5.41) is 4.25. The fourth-order valence-electron chi connectivity index (χ4n) is 1.41. The summed E-state index contributed by atoms with van der Waals surface area (Å²) in [5.74, 6) is 1.17. The second kappa shape index (κ2) is 4.53. The van der Waals surface area contributed by atoms with E-state index in [2.05, 4.69) is 10.1 Å². The minimum Gasteiger partial charge on any atom is -0.467 e. The van der Waals surface area contributed by atoms with E-state index in [4.69, 9.17) is 16.3 Å². The van der Waals surface area contributed by atoms with Gasteiger partial charge < -0.3 is 4.74 Å². The van der Waals surface area contributed by atoms with Gasteiger partial charge in [0.1, 0.15) is 0 Å². The zero-order chi connectivity index (χ0) is 11.5. The minimum atomic E-state index is 0.497. The van der Waals surface area contributed by atoms with Crippen LogP contribution in [0, 0.1) is 0 Å². The highest BCUT2D eigenvalue weighted by Gasteiger charge is 2.08. The predicted octanol–water partition coefficient (Wildman–Crippen LogP) is 2.23. The molecule has 0 radical (unpaired) electrons. The number of hydrogen-bond acceptors (Lipinski definition) is 3. The Morgan fingerprint density at radius 1 is 1.31 bits per heavy atom. The summed E-state index contributed by atoms with van der Waals surface area (Å²) >= 11 is 5.72. The molecule has 16 heavy (non-hydrogen) atoms. The molecule has 0 unspecified atom stereocenters. The van der Waals surface area contributed by atoms with Crippen molar-refractivity contribution in [1.82, 2.24) is 14.8 Å². The van der Waals surface area contributed by atoms with Gasteiger partial charge in [-0.1, -0.05) is 24.3 Å². The Kier molecular flexibility index (Phi) is 3.10. The van der Waals surface area contributed by atoms with Gasteiger partial charge in [0.05, 0.1) is 7.11 Å². The van der Waals surface area contributed by atoms with Crippen molar-refractivity contribution in [1.29, 1.82) is 0 Å². The van der Waals surface area contributed by atoms with E-state index in [-0.39, 0.29) is 0 Å². The quantitative estimate of drug-likeness (QED) is 0.769. The molecule has 0 fully saturated rings. The van der Waals surface area contributed by atoms with Gasteiger partial charge in [0, 0.05) is 18.5 Å². The highest BCUT2D eigenvalue weighted by molar-refractivity contribution is 6.17. The Hall–Kier alpha value is -1.55. The van der Waals surface area contributed by atoms with Crippen LogP contribution >= 0.6 is 11.6 Å². The molecule has 0 saturated heterocycles. The summed E-state index contributed by atoms with van der Waals surface area (Å²) in [6.45, 7) is 0. The van der Waals surface area contributed by atoms with Gasteiger partial charge in [0.15, 0.2) is 5.82 Å². The smallest absolute Gasteiger partial charge is 0.314 e. The number of hydrogen-bond donors (Lipinski definition) is 0. The first-order chi connectivity index (χ1) is 7.74. The zero-order valence-corrected chi connectivity index (χ0v) is 9.90. The van der Waals surface area contributed by atoms with E-state index in [1.807, 2.05) is 24.3 Å². The third kappa shape index (κ3) is 2.02. The predicted molar refractivity (Wildman–Crippen MR) is 62.5 cm³/mol. The van der Waals surface area contributed by atoms with Gasteiger partial charge in [-0.3, -0.25) is 0 Å². The Morgan fingerprint density at radius 2 is 2.00 bits per heavy atom. The lowest BCUT2D eigenvalue weighted by atomic mass is 10.1. The van der Waals surface area contributed by atoms with Crippen molar-refractivity contribution in [2.45, 2.75) is 5.88 Å². The molecule has 0 atom stereocenters. The molecule has 2 rings (SSSR count). The average molecular weight is 238 g/mol. The SMILES string of the molecule is COc1nc(-c2ccc(CCl)cc2)nn1C. The third-order valence-corrected chi connectivity index (χ3v) is 2.58. The van der Waals surface area contributed by atoms with Crippen LogP contribution in [-0.2, 0) is 12.9 Å². The first-order valence-electron chi connectivity index (χ1n) is 4.85. The molecule has 84 valence electrons. The fraction of sp³-hybridized carbons (Fsp3) is 0.273. The Bertz CT molecular complexity index is 478. The number of alkyl halides is 1. The molecule has 0 aliphatic rings. The van der Waals surface area contributed by atoms with Crippen LogP contribution in [0.3, 0.4) is 0 Å². The molecule has 0 aliphatic heterocycles. The van der Waals surface area contributed by atoms with E-state index in [1.165, 1.54) is 0 Å². The maximum Gasteiger partial charge on any atom is 0.314 e. The molecule has 2 aromatic rings. The van der Waals surface area contributed by atoms with Crippen LogP contribution < -0.4 is 4.74 Å². The summed E-state index contributed by atoms with van der Waals surface area (Å²) < 4.78 is 6.66. The van der Waals surface area contributed by atoms with E-state index in [1.54, 1.807) is 18.8 Å². The zero-order valence-electron chi connectivity index (χ0n) is 9.14. The minimum absolute atomic E-state index is 0.497. The van der Waals surface area contributed by atoms with Crippen molar-refractivity contribution in [2.75, 3.05) is 7.11 Å². The van der Waals surface area contributed by atoms with Gasteiger partial charge in [-0.25, -0.2) is 4.68 Å². The molecule has 0 amide bonds. The average Bonchev–Trinajstić information content (AvgIpc) is 2.71. The Balaban J connectivity index is 2.34. The number of ether oxygens (including phenoxy) is 1. The van der Waals surface area contributed by atoms with Crippen LogP contribution in [0.25, 0.3) is 11.4 Å². The number of methoxy groups -OCH3 is 1. The van der Waals surface area contributed by atoms with Crippen molar-refractivity contribution >= 4 is 11.6 Å². The number of benzene rings is 1. The van der Waals surface area contributed by atoms with Crippen molar-refractivity contribution in [3.05, 3.63) is 29.8 Å². The molecule has 4 nitrogen and oxygen atoms in total. The number of halogens is 1. The molecule has 0 N–H and O–H groups in total. The van der Waals surface area contributed by atoms with Gasteiger partial charge >= 0.3 is 6.01 Å². The lowest BCUT2D eigenvalue weighted by Gasteiger charge is -1.96. The number of nitrogens with zero attached hydrogens (tertiary/aromatic N) is 3. The summed E-state index contributed by atoms with van der Waals surface area (Å²) in [6, 6.07) is 8.33. The van der Waals surface area contributed by atoms with Gasteiger partial charge in [-0.05, 0) is 5.56 Å². The lowest BCUT2D eigenvalue weighted by molar-refractivity contribution is 0.359. The highest BCUT2D eigenvalue weighted by atomic mass is 35.5. The Labute approximate surface area is 98.8 Å². The molecule has 1 heterocycles. The van der Waals surface area contributed by atoms with Gasteiger partial charge in [0.25, 0.3) is 0 Å². The largest absolute Gasteiger partial charge is 0.467 e. The first kappa shape index (κ1) is 11.0. The van der Waals surface area contributed by atoms with Crippen LogP contribution in [0.4, 0.5) is 0 Å². The van der Waals surface area contributed by atoms with Gasteiger partial charge in [-0.15, -0.1) is 16.7 Å². The summed E-state index contributed by atoms with van der Waals surface area (Å²) in [5.41, 5.74) is 2.03. The van der Waals surface area contributed by atoms with E-state index in [0.717, 1.165) is 11.1 Å². The van der Waals surface area contributed by atoms with E-state index in [9.17, 15) is 0 Å². The van der Waals surface area contributed by atoms with E-state index in [0.29, 0.717) is 17.7 Å². The number of aryl methyl sites for hydroxylation is 1. The second-order valence-electron chi connectivity index (χ2n) is 3.38. The van der Waals surface area contributed by atoms with Crippen LogP contribution in [-0.4, -0.2) is 21.9 Å². The molecule has 1 aromatic carbocycles. The fourth-order valence-corrected chi connectivity index (χ4v) is 1.59. The van der Waals surface area contributed by atoms with Gasteiger partial charge in [0.2, 0.25) is 0 Å². The van der Waals surface area contributed by atoms with Crippen LogP contribution in [0.15, 0.2) is 24.3 Å². The molecule has 0 aliphatic carbocycles. The third-order valence-electron chi connectivity index (χ3n) is 2.27.